The van der Waals surface area contributed by atoms with Crippen molar-refractivity contribution in [1.29, 1.82) is 0 Å². The van der Waals surface area contributed by atoms with Crippen molar-refractivity contribution in [1.82, 2.24) is 4.90 Å². The van der Waals surface area contributed by atoms with E-state index < -0.39 is 0 Å². The van der Waals surface area contributed by atoms with Gasteiger partial charge in [0.2, 0.25) is 0 Å². The highest BCUT2D eigenvalue weighted by Gasteiger charge is 2.28. The van der Waals surface area contributed by atoms with Crippen LogP contribution in [0.2, 0.25) is 0 Å². The maximum absolute atomic E-state index is 5.71. The Morgan fingerprint density at radius 3 is 2.47 bits per heavy atom. The lowest BCUT2D eigenvalue weighted by Gasteiger charge is -2.38. The maximum Gasteiger partial charge on any atom is 0.0233 e. The van der Waals surface area contributed by atoms with Gasteiger partial charge in [-0.15, -0.1) is 0 Å². The Morgan fingerprint density at radius 1 is 1.21 bits per heavy atom. The van der Waals surface area contributed by atoms with Crippen LogP contribution >= 0.6 is 0 Å². The van der Waals surface area contributed by atoms with Crippen LogP contribution in [-0.2, 0) is 13.1 Å². The molecule has 1 aliphatic rings. The quantitative estimate of drug-likeness (QED) is 0.897. The predicted molar refractivity (Wildman–Crippen MR) is 81.8 cm³/mol. The molecular formula is C17H28N2. The summed E-state index contributed by atoms with van der Waals surface area (Å²) in [6.45, 7) is 6.47. The fourth-order valence-corrected chi connectivity index (χ4v) is 3.10. The van der Waals surface area contributed by atoms with Gasteiger partial charge in [-0.3, -0.25) is 4.90 Å². The molecule has 1 saturated carbocycles. The zero-order valence-electron chi connectivity index (χ0n) is 12.7. The minimum absolute atomic E-state index is 0.552. The first-order valence-corrected chi connectivity index (χ1v) is 7.48. The average Bonchev–Trinajstić information content (AvgIpc) is 2.38. The molecule has 2 N–H and O–H groups in total. The Hall–Kier alpha value is -0.860. The van der Waals surface area contributed by atoms with Crippen LogP contribution in [-0.4, -0.2) is 18.0 Å². The van der Waals surface area contributed by atoms with E-state index in [0.29, 0.717) is 12.0 Å². The molecule has 0 spiro atoms. The molecule has 1 aliphatic carbocycles. The normalized spacial score (nSPS) is 19.8. The summed E-state index contributed by atoms with van der Waals surface area (Å²) in [5.41, 5.74) is 8.88. The van der Waals surface area contributed by atoms with E-state index >= 15 is 0 Å². The van der Waals surface area contributed by atoms with Crippen LogP contribution in [0, 0.1) is 5.41 Å². The maximum atomic E-state index is 5.71. The molecule has 0 aromatic heterocycles. The summed E-state index contributed by atoms with van der Waals surface area (Å²) >= 11 is 0. The molecule has 2 rings (SSSR count). The molecule has 0 radical (unpaired) electrons. The summed E-state index contributed by atoms with van der Waals surface area (Å²) in [4.78, 5) is 2.52. The van der Waals surface area contributed by atoms with Crippen molar-refractivity contribution in [3.05, 3.63) is 35.4 Å². The highest BCUT2D eigenvalue weighted by atomic mass is 15.1. The third kappa shape index (κ3) is 4.05. The molecule has 0 unspecified atom stereocenters. The summed E-state index contributed by atoms with van der Waals surface area (Å²) in [7, 11) is 2.26. The van der Waals surface area contributed by atoms with Crippen molar-refractivity contribution < 1.29 is 0 Å². The second-order valence-electron chi connectivity index (χ2n) is 6.83. The number of benzene rings is 1. The van der Waals surface area contributed by atoms with Gasteiger partial charge < -0.3 is 5.73 Å². The van der Waals surface area contributed by atoms with E-state index in [1.54, 1.807) is 0 Å². The molecule has 2 nitrogen and oxygen atoms in total. The minimum atomic E-state index is 0.552. The number of nitrogens with zero attached hydrogens (tertiary/aromatic N) is 1. The lowest BCUT2D eigenvalue weighted by Crippen LogP contribution is -2.36. The molecule has 0 atom stereocenters. The topological polar surface area (TPSA) is 29.3 Å². The number of rotatable bonds is 4. The standard InChI is InChI=1S/C17H28N2/c1-17(2)9-7-16(8-10-17)19(3)13-15-6-4-5-14(11-15)12-18/h4-6,11,16H,7-10,12-13,18H2,1-3H3. The van der Waals surface area contributed by atoms with Crippen LogP contribution in [0.3, 0.4) is 0 Å². The zero-order valence-corrected chi connectivity index (χ0v) is 12.7. The summed E-state index contributed by atoms with van der Waals surface area (Å²) in [5.74, 6) is 0. The smallest absolute Gasteiger partial charge is 0.0233 e. The SMILES string of the molecule is CN(Cc1cccc(CN)c1)C1CCC(C)(C)CC1. The first kappa shape index (κ1) is 14.5. The van der Waals surface area contributed by atoms with Crippen molar-refractivity contribution in [2.75, 3.05) is 7.05 Å². The largest absolute Gasteiger partial charge is 0.326 e. The number of nitrogens with two attached hydrogens (primary N) is 1. The average molecular weight is 260 g/mol. The van der Waals surface area contributed by atoms with Crippen molar-refractivity contribution in [3.8, 4) is 0 Å². The van der Waals surface area contributed by atoms with Crippen molar-refractivity contribution in [3.63, 3.8) is 0 Å². The van der Waals surface area contributed by atoms with E-state index in [9.17, 15) is 0 Å². The second kappa shape index (κ2) is 6.06. The van der Waals surface area contributed by atoms with E-state index in [-0.39, 0.29) is 0 Å². The highest BCUT2D eigenvalue weighted by molar-refractivity contribution is 5.23. The predicted octanol–water partition coefficient (Wildman–Crippen LogP) is 3.55. The summed E-state index contributed by atoms with van der Waals surface area (Å²) < 4.78 is 0. The molecule has 0 bridgehead atoms. The Kier molecular flexibility index (Phi) is 4.64. The van der Waals surface area contributed by atoms with Gasteiger partial charge >= 0.3 is 0 Å². The van der Waals surface area contributed by atoms with Gasteiger partial charge in [-0.25, -0.2) is 0 Å². The van der Waals surface area contributed by atoms with Crippen LogP contribution in [0.15, 0.2) is 24.3 Å². The van der Waals surface area contributed by atoms with Gasteiger partial charge in [0.05, 0.1) is 0 Å². The molecule has 0 aliphatic heterocycles. The highest BCUT2D eigenvalue weighted by Crippen LogP contribution is 2.36. The van der Waals surface area contributed by atoms with Crippen LogP contribution < -0.4 is 5.73 Å². The first-order valence-electron chi connectivity index (χ1n) is 7.48. The van der Waals surface area contributed by atoms with Crippen LogP contribution in [0.5, 0.6) is 0 Å². The molecule has 0 saturated heterocycles. The third-order valence-electron chi connectivity index (χ3n) is 4.59. The van der Waals surface area contributed by atoms with Gasteiger partial charge in [0, 0.05) is 19.1 Å². The van der Waals surface area contributed by atoms with Crippen LogP contribution in [0.4, 0.5) is 0 Å². The molecule has 1 aromatic rings. The zero-order chi connectivity index (χ0) is 13.9. The van der Waals surface area contributed by atoms with Gasteiger partial charge in [0.15, 0.2) is 0 Å². The Labute approximate surface area is 118 Å². The van der Waals surface area contributed by atoms with Crippen LogP contribution in [0.25, 0.3) is 0 Å². The lowest BCUT2D eigenvalue weighted by molar-refractivity contribution is 0.123. The Morgan fingerprint density at radius 2 is 1.84 bits per heavy atom. The monoisotopic (exact) mass is 260 g/mol. The summed E-state index contributed by atoms with van der Waals surface area (Å²) in [6, 6.07) is 9.42. The van der Waals surface area contributed by atoms with Gasteiger partial charge in [0.25, 0.3) is 0 Å². The molecule has 106 valence electrons. The van der Waals surface area contributed by atoms with E-state index in [0.717, 1.165) is 12.6 Å². The molecule has 1 aromatic carbocycles. The minimum Gasteiger partial charge on any atom is -0.326 e. The van der Waals surface area contributed by atoms with Gasteiger partial charge in [-0.05, 0) is 49.3 Å². The molecule has 0 heterocycles. The molecular weight excluding hydrogens is 232 g/mol. The Balaban J connectivity index is 1.92. The van der Waals surface area contributed by atoms with E-state index in [1.807, 2.05) is 0 Å². The Bertz CT molecular complexity index is 401. The number of hydrogen-bond acceptors (Lipinski definition) is 2. The van der Waals surface area contributed by atoms with Gasteiger partial charge in [-0.2, -0.15) is 0 Å². The summed E-state index contributed by atoms with van der Waals surface area (Å²) in [5, 5.41) is 0. The van der Waals surface area contributed by atoms with Crippen molar-refractivity contribution in [2.45, 2.75) is 58.7 Å². The first-order chi connectivity index (χ1) is 9.00. The molecule has 2 heteroatoms. The molecule has 0 amide bonds. The fraction of sp³-hybridized carbons (Fsp3) is 0.647. The summed E-state index contributed by atoms with van der Waals surface area (Å²) in [6.07, 6.45) is 5.37. The second-order valence-corrected chi connectivity index (χ2v) is 6.83. The van der Waals surface area contributed by atoms with E-state index in [4.69, 9.17) is 5.73 Å². The number of hydrogen-bond donors (Lipinski definition) is 1. The lowest BCUT2D eigenvalue weighted by atomic mass is 9.75. The molecule has 1 fully saturated rings. The van der Waals surface area contributed by atoms with Gasteiger partial charge in [0.1, 0.15) is 0 Å². The van der Waals surface area contributed by atoms with E-state index in [1.165, 1.54) is 36.8 Å². The fourth-order valence-electron chi connectivity index (χ4n) is 3.10. The van der Waals surface area contributed by atoms with Crippen molar-refractivity contribution in [2.24, 2.45) is 11.1 Å². The van der Waals surface area contributed by atoms with E-state index in [2.05, 4.69) is 50.1 Å². The van der Waals surface area contributed by atoms with Gasteiger partial charge in [-0.1, -0.05) is 38.1 Å². The van der Waals surface area contributed by atoms with Crippen molar-refractivity contribution >= 4 is 0 Å². The molecule has 19 heavy (non-hydrogen) atoms. The van der Waals surface area contributed by atoms with Crippen LogP contribution in [0.1, 0.15) is 50.7 Å². The third-order valence-corrected chi connectivity index (χ3v) is 4.59.